The molecule has 0 amide bonds. The zero-order chi connectivity index (χ0) is 13.1. The Kier molecular flexibility index (Phi) is 3.99. The maximum Gasteiger partial charge on any atom is 0.128 e. The monoisotopic (exact) mass is 260 g/mol. The molecular formula is C15H24N4. The lowest BCUT2D eigenvalue weighted by atomic mass is 10.1. The summed E-state index contributed by atoms with van der Waals surface area (Å²) in [6.45, 7) is 5.14. The van der Waals surface area contributed by atoms with Crippen LogP contribution in [-0.2, 0) is 6.54 Å². The van der Waals surface area contributed by atoms with E-state index in [2.05, 4.69) is 20.9 Å². The van der Waals surface area contributed by atoms with Crippen LogP contribution in [0.5, 0.6) is 0 Å². The summed E-state index contributed by atoms with van der Waals surface area (Å²) in [6.07, 6.45) is 7.53. The van der Waals surface area contributed by atoms with Crippen molar-refractivity contribution in [2.45, 2.75) is 38.3 Å². The number of anilines is 1. The van der Waals surface area contributed by atoms with E-state index in [0.29, 0.717) is 6.54 Å². The number of hydrogen-bond acceptors (Lipinski definition) is 4. The molecule has 1 aromatic heterocycles. The largest absolute Gasteiger partial charge is 0.354 e. The summed E-state index contributed by atoms with van der Waals surface area (Å²) < 4.78 is 0. The fourth-order valence-electron chi connectivity index (χ4n) is 3.35. The quantitative estimate of drug-likeness (QED) is 0.897. The summed E-state index contributed by atoms with van der Waals surface area (Å²) in [5, 5.41) is 0. The molecule has 0 unspecified atom stereocenters. The Bertz CT molecular complexity index is 406. The molecule has 3 rings (SSSR count). The minimum absolute atomic E-state index is 0.595. The smallest absolute Gasteiger partial charge is 0.128 e. The van der Waals surface area contributed by atoms with Gasteiger partial charge in [0.1, 0.15) is 5.82 Å². The van der Waals surface area contributed by atoms with Crippen LogP contribution in [0.15, 0.2) is 18.3 Å². The predicted molar refractivity (Wildman–Crippen MR) is 78.2 cm³/mol. The average Bonchev–Trinajstić information content (AvgIpc) is 3.02. The molecule has 1 saturated heterocycles. The number of aromatic nitrogens is 1. The molecule has 1 aromatic rings. The van der Waals surface area contributed by atoms with Crippen molar-refractivity contribution < 1.29 is 0 Å². The van der Waals surface area contributed by atoms with Gasteiger partial charge in [0.15, 0.2) is 0 Å². The van der Waals surface area contributed by atoms with E-state index in [0.717, 1.165) is 24.9 Å². The minimum Gasteiger partial charge on any atom is -0.354 e. The number of piperazine rings is 1. The second-order valence-corrected chi connectivity index (χ2v) is 5.69. The van der Waals surface area contributed by atoms with Gasteiger partial charge in [-0.05, 0) is 30.5 Å². The van der Waals surface area contributed by atoms with E-state index in [1.54, 1.807) is 0 Å². The van der Waals surface area contributed by atoms with Crippen LogP contribution < -0.4 is 10.6 Å². The molecule has 0 spiro atoms. The van der Waals surface area contributed by atoms with Crippen LogP contribution in [0.25, 0.3) is 0 Å². The second kappa shape index (κ2) is 5.88. The van der Waals surface area contributed by atoms with E-state index in [1.165, 1.54) is 44.3 Å². The molecule has 0 bridgehead atoms. The normalized spacial score (nSPS) is 22.1. The van der Waals surface area contributed by atoms with E-state index in [4.69, 9.17) is 5.73 Å². The summed E-state index contributed by atoms with van der Waals surface area (Å²) in [5.74, 6) is 1.09. The third-order valence-corrected chi connectivity index (χ3v) is 4.52. The fraction of sp³-hybridized carbons (Fsp3) is 0.667. The molecule has 2 fully saturated rings. The van der Waals surface area contributed by atoms with Crippen LogP contribution in [0.1, 0.15) is 31.2 Å². The number of hydrogen-bond donors (Lipinski definition) is 1. The number of pyridine rings is 1. The van der Waals surface area contributed by atoms with Crippen LogP contribution in [-0.4, -0.2) is 42.1 Å². The topological polar surface area (TPSA) is 45.4 Å². The third-order valence-electron chi connectivity index (χ3n) is 4.52. The fourth-order valence-corrected chi connectivity index (χ4v) is 3.35. The second-order valence-electron chi connectivity index (χ2n) is 5.69. The van der Waals surface area contributed by atoms with E-state index in [-0.39, 0.29) is 0 Å². The minimum atomic E-state index is 0.595. The molecule has 0 atom stereocenters. The van der Waals surface area contributed by atoms with Crippen molar-refractivity contribution in [2.24, 2.45) is 5.73 Å². The first-order valence-corrected chi connectivity index (χ1v) is 7.51. The van der Waals surface area contributed by atoms with Gasteiger partial charge in [-0.2, -0.15) is 0 Å². The molecular weight excluding hydrogens is 236 g/mol. The lowest BCUT2D eigenvalue weighted by Gasteiger charge is -2.38. The van der Waals surface area contributed by atoms with Gasteiger partial charge in [-0.3, -0.25) is 4.90 Å². The summed E-state index contributed by atoms with van der Waals surface area (Å²) in [6, 6.07) is 4.98. The Morgan fingerprint density at radius 2 is 1.89 bits per heavy atom. The molecule has 2 N–H and O–H groups in total. The molecule has 4 nitrogen and oxygen atoms in total. The van der Waals surface area contributed by atoms with Gasteiger partial charge in [-0.25, -0.2) is 4.98 Å². The first-order chi connectivity index (χ1) is 9.36. The van der Waals surface area contributed by atoms with Crippen molar-refractivity contribution in [3.8, 4) is 0 Å². The highest BCUT2D eigenvalue weighted by Crippen LogP contribution is 2.25. The van der Waals surface area contributed by atoms with Gasteiger partial charge in [0.2, 0.25) is 0 Å². The average molecular weight is 260 g/mol. The molecule has 0 aromatic carbocycles. The summed E-state index contributed by atoms with van der Waals surface area (Å²) in [4.78, 5) is 9.56. The van der Waals surface area contributed by atoms with Crippen LogP contribution in [0.2, 0.25) is 0 Å². The summed E-state index contributed by atoms with van der Waals surface area (Å²) in [7, 11) is 0. The van der Waals surface area contributed by atoms with E-state index in [1.807, 2.05) is 12.3 Å². The van der Waals surface area contributed by atoms with E-state index >= 15 is 0 Å². The van der Waals surface area contributed by atoms with Gasteiger partial charge in [0.25, 0.3) is 0 Å². The Morgan fingerprint density at radius 3 is 2.58 bits per heavy atom. The number of rotatable bonds is 3. The maximum atomic E-state index is 5.70. The number of nitrogens with zero attached hydrogens (tertiary/aromatic N) is 3. The molecule has 4 heteroatoms. The molecule has 19 heavy (non-hydrogen) atoms. The van der Waals surface area contributed by atoms with E-state index < -0.39 is 0 Å². The third kappa shape index (κ3) is 2.90. The van der Waals surface area contributed by atoms with Crippen LogP contribution in [0, 0.1) is 0 Å². The highest BCUT2D eigenvalue weighted by atomic mass is 15.3. The summed E-state index contributed by atoms with van der Waals surface area (Å²) >= 11 is 0. The first-order valence-electron chi connectivity index (χ1n) is 7.51. The van der Waals surface area contributed by atoms with Crippen molar-refractivity contribution in [2.75, 3.05) is 31.1 Å². The molecule has 2 aliphatic rings. The first kappa shape index (κ1) is 12.9. The maximum absolute atomic E-state index is 5.70. The van der Waals surface area contributed by atoms with Crippen molar-refractivity contribution in [1.82, 2.24) is 9.88 Å². The SMILES string of the molecule is NCc1ccnc(N2CCN(C3CCCC3)CC2)c1. The summed E-state index contributed by atoms with van der Waals surface area (Å²) in [5.41, 5.74) is 6.87. The molecule has 2 heterocycles. The van der Waals surface area contributed by atoms with Crippen LogP contribution >= 0.6 is 0 Å². The zero-order valence-corrected chi connectivity index (χ0v) is 11.6. The highest BCUT2D eigenvalue weighted by molar-refractivity contribution is 5.41. The predicted octanol–water partition coefficient (Wildman–Crippen LogP) is 1.60. The van der Waals surface area contributed by atoms with Crippen molar-refractivity contribution in [3.05, 3.63) is 23.9 Å². The molecule has 1 aliphatic heterocycles. The molecule has 104 valence electrons. The van der Waals surface area contributed by atoms with Gasteiger partial charge >= 0.3 is 0 Å². The van der Waals surface area contributed by atoms with Crippen LogP contribution in [0.3, 0.4) is 0 Å². The Hall–Kier alpha value is -1.13. The van der Waals surface area contributed by atoms with Gasteiger partial charge in [-0.15, -0.1) is 0 Å². The van der Waals surface area contributed by atoms with E-state index in [9.17, 15) is 0 Å². The Balaban J connectivity index is 1.59. The molecule has 0 radical (unpaired) electrons. The van der Waals surface area contributed by atoms with Crippen molar-refractivity contribution in [1.29, 1.82) is 0 Å². The van der Waals surface area contributed by atoms with Crippen molar-refractivity contribution >= 4 is 5.82 Å². The lowest BCUT2D eigenvalue weighted by Crippen LogP contribution is -2.50. The van der Waals surface area contributed by atoms with Crippen LogP contribution in [0.4, 0.5) is 5.82 Å². The van der Waals surface area contributed by atoms with Gasteiger partial charge in [0, 0.05) is 45.0 Å². The lowest BCUT2D eigenvalue weighted by molar-refractivity contribution is 0.187. The molecule has 1 aliphatic carbocycles. The Morgan fingerprint density at radius 1 is 1.16 bits per heavy atom. The van der Waals surface area contributed by atoms with Gasteiger partial charge in [-0.1, -0.05) is 12.8 Å². The van der Waals surface area contributed by atoms with Gasteiger partial charge in [0.05, 0.1) is 0 Å². The Labute approximate surface area is 115 Å². The standard InChI is InChI=1S/C15H24N4/c16-12-13-5-6-17-15(11-13)19-9-7-18(8-10-19)14-3-1-2-4-14/h5-6,11,14H,1-4,7-10,12,16H2. The van der Waals surface area contributed by atoms with Crippen molar-refractivity contribution in [3.63, 3.8) is 0 Å². The number of nitrogens with two attached hydrogens (primary N) is 1. The van der Waals surface area contributed by atoms with Gasteiger partial charge < -0.3 is 10.6 Å². The molecule has 1 saturated carbocycles. The highest BCUT2D eigenvalue weighted by Gasteiger charge is 2.26. The zero-order valence-electron chi connectivity index (χ0n) is 11.6.